The Hall–Kier alpha value is -2.43. The van der Waals surface area contributed by atoms with Crippen LogP contribution < -0.4 is 10.6 Å². The fourth-order valence-corrected chi connectivity index (χ4v) is 2.40. The molecule has 22 heavy (non-hydrogen) atoms. The second-order valence-corrected chi connectivity index (χ2v) is 4.97. The van der Waals surface area contributed by atoms with Crippen molar-refractivity contribution in [2.75, 3.05) is 19.8 Å². The average molecular weight is 301 g/mol. The third kappa shape index (κ3) is 4.28. The molecular weight excluding hydrogens is 281 g/mol. The quantitative estimate of drug-likeness (QED) is 0.862. The van der Waals surface area contributed by atoms with Gasteiger partial charge in [-0.05, 0) is 47.7 Å². The van der Waals surface area contributed by atoms with E-state index >= 15 is 0 Å². The summed E-state index contributed by atoms with van der Waals surface area (Å²) in [6, 6.07) is 9.76. The fourth-order valence-electron chi connectivity index (χ4n) is 2.40. The van der Waals surface area contributed by atoms with E-state index in [0.29, 0.717) is 13.0 Å². The van der Waals surface area contributed by atoms with Crippen LogP contribution in [0.1, 0.15) is 11.1 Å². The number of pyridine rings is 1. The molecule has 1 aromatic heterocycles. The predicted molar refractivity (Wildman–Crippen MR) is 85.5 cm³/mol. The summed E-state index contributed by atoms with van der Waals surface area (Å²) in [6.07, 6.45) is 4.25. The number of rotatable bonds is 6. The zero-order chi connectivity index (χ0) is 15.8. The van der Waals surface area contributed by atoms with Crippen molar-refractivity contribution in [3.8, 4) is 11.1 Å². The highest BCUT2D eigenvalue weighted by atomic mass is 19.1. The molecule has 0 fully saturated rings. The molecule has 116 valence electrons. The van der Waals surface area contributed by atoms with E-state index in [9.17, 15) is 9.18 Å². The average Bonchev–Trinajstić information content (AvgIpc) is 2.54. The summed E-state index contributed by atoms with van der Waals surface area (Å²) < 4.78 is 12.0. The largest absolute Gasteiger partial charge is 0.338 e. The van der Waals surface area contributed by atoms with Crippen molar-refractivity contribution in [2.45, 2.75) is 13.3 Å². The molecule has 0 aliphatic carbocycles. The Labute approximate surface area is 129 Å². The van der Waals surface area contributed by atoms with Crippen LogP contribution in [-0.4, -0.2) is 30.8 Å². The minimum atomic E-state index is -0.558. The van der Waals surface area contributed by atoms with Crippen molar-refractivity contribution < 1.29 is 9.18 Å². The van der Waals surface area contributed by atoms with Gasteiger partial charge >= 0.3 is 6.03 Å². The SMILES string of the molecule is Cc1cccc(CCNC(=O)NCCF)c1-c1ccncc1. The van der Waals surface area contributed by atoms with Crippen LogP contribution in [0.2, 0.25) is 0 Å². The van der Waals surface area contributed by atoms with Gasteiger partial charge in [-0.2, -0.15) is 0 Å². The molecule has 0 radical (unpaired) electrons. The highest BCUT2D eigenvalue weighted by Gasteiger charge is 2.08. The molecule has 0 aliphatic rings. The maximum Gasteiger partial charge on any atom is 0.314 e. The lowest BCUT2D eigenvalue weighted by Crippen LogP contribution is -2.37. The minimum absolute atomic E-state index is 0.0402. The van der Waals surface area contributed by atoms with Gasteiger partial charge in [0.2, 0.25) is 0 Å². The van der Waals surface area contributed by atoms with Gasteiger partial charge in [0.1, 0.15) is 6.67 Å². The number of hydrogen-bond donors (Lipinski definition) is 2. The van der Waals surface area contributed by atoms with Gasteiger partial charge in [0.15, 0.2) is 0 Å². The number of amides is 2. The first-order valence-corrected chi connectivity index (χ1v) is 7.29. The van der Waals surface area contributed by atoms with Gasteiger partial charge in [0, 0.05) is 25.5 Å². The molecule has 2 amide bonds. The molecule has 5 heteroatoms. The molecule has 0 saturated heterocycles. The lowest BCUT2D eigenvalue weighted by atomic mass is 9.94. The first-order valence-electron chi connectivity index (χ1n) is 7.29. The number of carbonyl (C=O) groups is 1. The number of benzene rings is 1. The van der Waals surface area contributed by atoms with Gasteiger partial charge in [-0.15, -0.1) is 0 Å². The second-order valence-electron chi connectivity index (χ2n) is 4.97. The minimum Gasteiger partial charge on any atom is -0.338 e. The molecule has 2 N–H and O–H groups in total. The molecule has 4 nitrogen and oxygen atoms in total. The molecule has 0 unspecified atom stereocenters. The molecule has 0 spiro atoms. The van der Waals surface area contributed by atoms with Crippen molar-refractivity contribution >= 4 is 6.03 Å². The van der Waals surface area contributed by atoms with Crippen LogP contribution in [0.15, 0.2) is 42.7 Å². The molecule has 1 aromatic carbocycles. The Morgan fingerprint density at radius 3 is 2.59 bits per heavy atom. The topological polar surface area (TPSA) is 54.0 Å². The van der Waals surface area contributed by atoms with E-state index in [2.05, 4.69) is 34.7 Å². The fraction of sp³-hybridized carbons (Fsp3) is 0.294. The first-order chi connectivity index (χ1) is 10.7. The van der Waals surface area contributed by atoms with Crippen LogP contribution in [0.4, 0.5) is 9.18 Å². The summed E-state index contributed by atoms with van der Waals surface area (Å²) in [5.74, 6) is 0. The van der Waals surface area contributed by atoms with Gasteiger partial charge in [0.25, 0.3) is 0 Å². The third-order valence-electron chi connectivity index (χ3n) is 3.39. The van der Waals surface area contributed by atoms with Crippen molar-refractivity contribution in [1.29, 1.82) is 0 Å². The number of aryl methyl sites for hydroxylation is 1. The smallest absolute Gasteiger partial charge is 0.314 e. The predicted octanol–water partition coefficient (Wildman–Crippen LogP) is 2.87. The maximum atomic E-state index is 12.0. The van der Waals surface area contributed by atoms with Crippen LogP contribution in [0, 0.1) is 6.92 Å². The maximum absolute atomic E-state index is 12.0. The molecule has 0 saturated carbocycles. The van der Waals surface area contributed by atoms with Crippen LogP contribution in [0.25, 0.3) is 11.1 Å². The molecule has 2 aromatic rings. The summed E-state index contributed by atoms with van der Waals surface area (Å²) in [5.41, 5.74) is 4.64. The third-order valence-corrected chi connectivity index (χ3v) is 3.39. The zero-order valence-electron chi connectivity index (χ0n) is 12.6. The number of urea groups is 1. The Bertz CT molecular complexity index is 617. The monoisotopic (exact) mass is 301 g/mol. The summed E-state index contributed by atoms with van der Waals surface area (Å²) in [6.45, 7) is 2.05. The van der Waals surface area contributed by atoms with Gasteiger partial charge in [-0.1, -0.05) is 18.2 Å². The van der Waals surface area contributed by atoms with E-state index in [1.54, 1.807) is 12.4 Å². The Kier molecular flexibility index (Phi) is 5.89. The van der Waals surface area contributed by atoms with E-state index < -0.39 is 6.67 Å². The van der Waals surface area contributed by atoms with E-state index in [1.807, 2.05) is 18.2 Å². The Morgan fingerprint density at radius 1 is 1.14 bits per heavy atom. The van der Waals surface area contributed by atoms with E-state index in [1.165, 1.54) is 11.1 Å². The van der Waals surface area contributed by atoms with E-state index in [4.69, 9.17) is 0 Å². The second kappa shape index (κ2) is 8.12. The first kappa shape index (κ1) is 15.9. The Balaban J connectivity index is 2.06. The summed E-state index contributed by atoms with van der Waals surface area (Å²) in [7, 11) is 0. The lowest BCUT2D eigenvalue weighted by molar-refractivity contribution is 0.240. The molecule has 0 aliphatic heterocycles. The van der Waals surface area contributed by atoms with Crippen molar-refractivity contribution in [1.82, 2.24) is 15.6 Å². The number of aromatic nitrogens is 1. The molecule has 2 rings (SSSR count). The summed E-state index contributed by atoms with van der Waals surface area (Å²) in [4.78, 5) is 15.5. The van der Waals surface area contributed by atoms with Crippen LogP contribution in [0.5, 0.6) is 0 Å². The number of alkyl halides is 1. The van der Waals surface area contributed by atoms with E-state index in [-0.39, 0.29) is 12.6 Å². The van der Waals surface area contributed by atoms with Crippen LogP contribution in [-0.2, 0) is 6.42 Å². The Morgan fingerprint density at radius 2 is 1.86 bits per heavy atom. The van der Waals surface area contributed by atoms with Gasteiger partial charge < -0.3 is 10.6 Å². The lowest BCUT2D eigenvalue weighted by Gasteiger charge is -2.13. The van der Waals surface area contributed by atoms with Crippen molar-refractivity contribution in [3.05, 3.63) is 53.9 Å². The van der Waals surface area contributed by atoms with Crippen LogP contribution >= 0.6 is 0 Å². The number of hydrogen-bond acceptors (Lipinski definition) is 2. The highest BCUT2D eigenvalue weighted by molar-refractivity contribution is 5.74. The van der Waals surface area contributed by atoms with E-state index in [0.717, 1.165) is 11.1 Å². The standard InChI is InChI=1S/C17H20FN3O/c1-13-3-2-4-14(7-11-20-17(22)21-12-8-18)16(13)15-5-9-19-10-6-15/h2-6,9-10H,7-8,11-12H2,1H3,(H2,20,21,22). The summed E-state index contributed by atoms with van der Waals surface area (Å²) >= 11 is 0. The number of nitrogens with zero attached hydrogens (tertiary/aromatic N) is 1. The van der Waals surface area contributed by atoms with Crippen molar-refractivity contribution in [3.63, 3.8) is 0 Å². The zero-order valence-corrected chi connectivity index (χ0v) is 12.6. The molecule has 0 atom stereocenters. The molecular formula is C17H20FN3O. The van der Waals surface area contributed by atoms with Gasteiger partial charge in [-0.25, -0.2) is 9.18 Å². The number of halogens is 1. The number of nitrogens with one attached hydrogen (secondary N) is 2. The summed E-state index contributed by atoms with van der Waals surface area (Å²) in [5, 5.41) is 5.18. The van der Waals surface area contributed by atoms with Crippen LogP contribution in [0.3, 0.4) is 0 Å². The molecule has 1 heterocycles. The highest BCUT2D eigenvalue weighted by Crippen LogP contribution is 2.27. The normalized spacial score (nSPS) is 10.3. The van der Waals surface area contributed by atoms with Gasteiger partial charge in [-0.3, -0.25) is 4.98 Å². The van der Waals surface area contributed by atoms with Gasteiger partial charge in [0.05, 0.1) is 0 Å². The number of carbonyl (C=O) groups excluding carboxylic acids is 1. The molecule has 0 bridgehead atoms. The van der Waals surface area contributed by atoms with Crippen molar-refractivity contribution in [2.24, 2.45) is 0 Å².